The standard InChI is InChI=1S/C25H47ClN2O3.C23H46N2O/c1-2-3-4-5-6-7-8-9-10-11-12-13-14-15-16-17-18-23-27-22(24(26)25(30)31)21-28(23)19-20-29;1-2-3-4-5-6-7-8-9-10-11-12-13-14-15-16-17-18-23-24-19-20-25(23)21-22-26/h22,24,29H,2-21H2,1H3,(H,30,31);26H,2-22H2,1H3. The number of carboxylic acid groups (broad SMARTS) is 1. The van der Waals surface area contributed by atoms with Crippen LogP contribution in [0.2, 0.25) is 0 Å². The van der Waals surface area contributed by atoms with Crippen molar-refractivity contribution < 1.29 is 20.1 Å². The lowest BCUT2D eigenvalue weighted by Crippen LogP contribution is -2.36. The van der Waals surface area contributed by atoms with Gasteiger partial charge in [-0.3, -0.25) is 14.8 Å². The fraction of sp³-hybridized carbons (Fsp3) is 0.938. The highest BCUT2D eigenvalue weighted by molar-refractivity contribution is 6.30. The molecule has 2 atom stereocenters. The number of nitrogens with zero attached hydrogens (tertiary/aromatic N) is 4. The Bertz CT molecular complexity index is 967. The van der Waals surface area contributed by atoms with Crippen molar-refractivity contribution >= 4 is 29.2 Å². The predicted octanol–water partition coefficient (Wildman–Crippen LogP) is 12.7. The molecule has 57 heavy (non-hydrogen) atoms. The molecule has 0 saturated carbocycles. The third-order valence-electron chi connectivity index (χ3n) is 11.9. The fourth-order valence-corrected chi connectivity index (χ4v) is 8.46. The van der Waals surface area contributed by atoms with Crippen molar-refractivity contribution in [3.8, 4) is 0 Å². The van der Waals surface area contributed by atoms with E-state index >= 15 is 0 Å². The van der Waals surface area contributed by atoms with Gasteiger partial charge in [-0.1, -0.05) is 206 Å². The van der Waals surface area contributed by atoms with Gasteiger partial charge in [0.2, 0.25) is 0 Å². The van der Waals surface area contributed by atoms with Crippen molar-refractivity contribution in [1.29, 1.82) is 0 Å². The maximum Gasteiger partial charge on any atom is 0.323 e. The van der Waals surface area contributed by atoms with Gasteiger partial charge >= 0.3 is 5.97 Å². The number of alkyl halides is 1. The first-order chi connectivity index (χ1) is 28.0. The van der Waals surface area contributed by atoms with Gasteiger partial charge in [-0.2, -0.15) is 0 Å². The lowest BCUT2D eigenvalue weighted by molar-refractivity contribution is -0.136. The summed E-state index contributed by atoms with van der Waals surface area (Å²) >= 11 is 5.96. The molecule has 0 spiro atoms. The molecule has 0 fully saturated rings. The highest BCUT2D eigenvalue weighted by Gasteiger charge is 2.33. The van der Waals surface area contributed by atoms with Gasteiger partial charge in [-0.25, -0.2) is 0 Å². The molecule has 336 valence electrons. The summed E-state index contributed by atoms with van der Waals surface area (Å²) in [6.45, 7) is 8.55. The van der Waals surface area contributed by atoms with E-state index in [0.717, 1.165) is 44.7 Å². The Morgan fingerprint density at radius 3 is 1.25 bits per heavy atom. The fourth-order valence-electron chi connectivity index (χ4n) is 8.32. The Hall–Kier alpha value is -1.38. The molecule has 9 heteroatoms. The summed E-state index contributed by atoms with van der Waals surface area (Å²) < 4.78 is 0. The Labute approximate surface area is 357 Å². The molecule has 2 heterocycles. The summed E-state index contributed by atoms with van der Waals surface area (Å²) in [5.41, 5.74) is 0. The topological polar surface area (TPSA) is 109 Å². The van der Waals surface area contributed by atoms with Crippen molar-refractivity contribution in [2.75, 3.05) is 45.9 Å². The molecule has 0 aliphatic carbocycles. The number of carboxylic acids is 1. The second-order valence-electron chi connectivity index (χ2n) is 17.1. The van der Waals surface area contributed by atoms with Gasteiger partial charge in [0.15, 0.2) is 5.38 Å². The molecule has 2 rings (SSSR count). The number of rotatable bonds is 40. The number of unbranched alkanes of at least 4 members (excludes halogenated alkanes) is 30. The zero-order chi connectivity index (χ0) is 41.4. The average molecular weight is 826 g/mol. The highest BCUT2D eigenvalue weighted by atomic mass is 35.5. The van der Waals surface area contributed by atoms with Gasteiger partial charge in [0, 0.05) is 39.0 Å². The van der Waals surface area contributed by atoms with E-state index in [0.29, 0.717) is 13.1 Å². The van der Waals surface area contributed by atoms with E-state index < -0.39 is 17.4 Å². The van der Waals surface area contributed by atoms with Crippen molar-refractivity contribution in [1.82, 2.24) is 9.80 Å². The number of hydrogen-bond donors (Lipinski definition) is 3. The summed E-state index contributed by atoms with van der Waals surface area (Å²) in [4.78, 5) is 24.5. The summed E-state index contributed by atoms with van der Waals surface area (Å²) in [7, 11) is 0. The number of β-amino-alcohol motifs (C(OH)–C–C–N with tert-alkyl or cyclic N) is 2. The van der Waals surface area contributed by atoms with Crippen LogP contribution in [0.25, 0.3) is 0 Å². The summed E-state index contributed by atoms with van der Waals surface area (Å²) in [6.07, 6.45) is 46.2. The molecule has 0 bridgehead atoms. The SMILES string of the molecule is CCCCCCCCCCCCCCCCCCC1=NC(C(Cl)C(=O)O)CN1CCO.CCCCCCCCCCCCCCCCCCC1=NCCN1CCO. The first kappa shape index (κ1) is 53.6. The van der Waals surface area contributed by atoms with Crippen LogP contribution < -0.4 is 0 Å². The molecule has 0 aromatic carbocycles. The highest BCUT2D eigenvalue weighted by Crippen LogP contribution is 2.21. The smallest absolute Gasteiger partial charge is 0.323 e. The summed E-state index contributed by atoms with van der Waals surface area (Å²) in [6, 6.07) is -0.415. The number of aliphatic hydroxyl groups is 2. The lowest BCUT2D eigenvalue weighted by atomic mass is 10.0. The van der Waals surface area contributed by atoms with Crippen LogP contribution in [0.1, 0.15) is 232 Å². The summed E-state index contributed by atoms with van der Waals surface area (Å²) in [5, 5.41) is 26.4. The molecule has 0 aromatic rings. The van der Waals surface area contributed by atoms with Gasteiger partial charge in [0.25, 0.3) is 0 Å². The van der Waals surface area contributed by atoms with Crippen molar-refractivity contribution in [2.24, 2.45) is 9.98 Å². The van der Waals surface area contributed by atoms with E-state index in [9.17, 15) is 9.90 Å². The van der Waals surface area contributed by atoms with Crippen LogP contribution in [-0.2, 0) is 4.79 Å². The zero-order valence-corrected chi connectivity index (χ0v) is 38.3. The molecule has 0 aromatic heterocycles. The predicted molar refractivity (Wildman–Crippen MR) is 246 cm³/mol. The van der Waals surface area contributed by atoms with Crippen LogP contribution in [-0.4, -0.2) is 100 Å². The van der Waals surface area contributed by atoms with Gasteiger partial charge in [0.05, 0.1) is 37.5 Å². The molecule has 0 amide bonds. The largest absolute Gasteiger partial charge is 0.480 e. The Kier molecular flexibility index (Phi) is 37.7. The van der Waals surface area contributed by atoms with Crippen LogP contribution in [0.3, 0.4) is 0 Å². The maximum atomic E-state index is 11.1. The first-order valence-corrected chi connectivity index (χ1v) is 25.1. The summed E-state index contributed by atoms with van der Waals surface area (Å²) in [5.74, 6) is 1.13. The van der Waals surface area contributed by atoms with Gasteiger partial charge < -0.3 is 25.1 Å². The minimum absolute atomic E-state index is 0.0464. The zero-order valence-electron chi connectivity index (χ0n) is 37.6. The van der Waals surface area contributed by atoms with Gasteiger partial charge in [-0.05, 0) is 12.8 Å². The molecule has 0 saturated heterocycles. The third-order valence-corrected chi connectivity index (χ3v) is 12.4. The molecular formula is C48H93ClN4O4. The Morgan fingerprint density at radius 1 is 0.561 bits per heavy atom. The minimum Gasteiger partial charge on any atom is -0.480 e. The number of aliphatic carboxylic acids is 1. The van der Waals surface area contributed by atoms with E-state index in [4.69, 9.17) is 21.8 Å². The van der Waals surface area contributed by atoms with E-state index in [1.807, 2.05) is 4.90 Å². The van der Waals surface area contributed by atoms with Crippen LogP contribution in [0, 0.1) is 0 Å². The molecule has 8 nitrogen and oxygen atoms in total. The van der Waals surface area contributed by atoms with Crippen molar-refractivity contribution in [3.05, 3.63) is 0 Å². The van der Waals surface area contributed by atoms with E-state index in [-0.39, 0.29) is 13.2 Å². The van der Waals surface area contributed by atoms with Crippen LogP contribution >= 0.6 is 11.6 Å². The quantitative estimate of drug-likeness (QED) is 0.0419. The minimum atomic E-state index is -1.02. The first-order valence-electron chi connectivity index (χ1n) is 24.7. The molecular weight excluding hydrogens is 732 g/mol. The number of hydrogen-bond acceptors (Lipinski definition) is 7. The molecule has 2 aliphatic heterocycles. The van der Waals surface area contributed by atoms with Crippen LogP contribution in [0.5, 0.6) is 0 Å². The monoisotopic (exact) mass is 825 g/mol. The second-order valence-corrected chi connectivity index (χ2v) is 17.6. The number of carbonyl (C=O) groups is 1. The van der Waals surface area contributed by atoms with Gasteiger partial charge in [-0.15, -0.1) is 11.6 Å². The Balaban J connectivity index is 0.000000579. The number of amidine groups is 2. The van der Waals surface area contributed by atoms with Crippen molar-refractivity contribution in [3.63, 3.8) is 0 Å². The maximum absolute atomic E-state index is 11.1. The molecule has 2 aliphatic rings. The lowest BCUT2D eigenvalue weighted by Gasteiger charge is -2.20. The van der Waals surface area contributed by atoms with E-state index in [1.54, 1.807) is 0 Å². The van der Waals surface area contributed by atoms with Crippen LogP contribution in [0.4, 0.5) is 0 Å². The number of aliphatic imine (C=N–C) groups is 2. The normalized spacial score (nSPS) is 15.8. The Morgan fingerprint density at radius 2 is 0.895 bits per heavy atom. The van der Waals surface area contributed by atoms with E-state index in [1.165, 1.54) is 205 Å². The number of halogens is 1. The van der Waals surface area contributed by atoms with Gasteiger partial charge in [0.1, 0.15) is 0 Å². The molecule has 2 unspecified atom stereocenters. The molecule has 0 radical (unpaired) electrons. The van der Waals surface area contributed by atoms with E-state index in [2.05, 4.69) is 28.7 Å². The average Bonchev–Trinajstić information content (AvgIpc) is 3.84. The third kappa shape index (κ3) is 30.3. The number of aliphatic hydroxyl groups excluding tert-OH is 2. The van der Waals surface area contributed by atoms with Crippen molar-refractivity contribution in [2.45, 2.75) is 244 Å². The molecule has 3 N–H and O–H groups in total. The van der Waals surface area contributed by atoms with Crippen LogP contribution in [0.15, 0.2) is 9.98 Å². The second kappa shape index (κ2) is 40.0.